The summed E-state index contributed by atoms with van der Waals surface area (Å²) < 4.78 is 5.01. The molecule has 144 valence electrons. The Labute approximate surface area is 165 Å². The lowest BCUT2D eigenvalue weighted by molar-refractivity contribution is -0.144. The van der Waals surface area contributed by atoms with Crippen LogP contribution in [-0.2, 0) is 14.3 Å². The SMILES string of the molecule is CC[C@@H](NC(=O)COC(=O)/C(C#N)=C/c1ccc(C)cc1)c1ccc(C)cc1. The minimum Gasteiger partial charge on any atom is -0.451 e. The lowest BCUT2D eigenvalue weighted by atomic mass is 10.0. The second-order valence-electron chi connectivity index (χ2n) is 6.60. The number of esters is 1. The number of aryl methyl sites for hydroxylation is 2. The van der Waals surface area contributed by atoms with E-state index in [4.69, 9.17) is 4.74 Å². The standard InChI is InChI=1S/C23H24N2O3/c1-4-21(19-11-7-17(3)8-12-19)25-22(26)15-28-23(27)20(14-24)13-18-9-5-16(2)6-10-18/h5-13,21H,4,15H2,1-3H3,(H,25,26)/b20-13+/t21-/m1/s1. The lowest BCUT2D eigenvalue weighted by Crippen LogP contribution is -2.32. The van der Waals surface area contributed by atoms with Gasteiger partial charge in [-0.25, -0.2) is 4.79 Å². The van der Waals surface area contributed by atoms with E-state index in [1.165, 1.54) is 6.08 Å². The van der Waals surface area contributed by atoms with E-state index >= 15 is 0 Å². The Morgan fingerprint density at radius 2 is 1.64 bits per heavy atom. The molecule has 2 aromatic rings. The molecule has 28 heavy (non-hydrogen) atoms. The number of nitriles is 1. The van der Waals surface area contributed by atoms with Gasteiger partial charge in [-0.2, -0.15) is 5.26 Å². The van der Waals surface area contributed by atoms with Gasteiger partial charge < -0.3 is 10.1 Å². The van der Waals surface area contributed by atoms with Crippen molar-refractivity contribution in [2.75, 3.05) is 6.61 Å². The van der Waals surface area contributed by atoms with E-state index in [-0.39, 0.29) is 11.6 Å². The maximum absolute atomic E-state index is 12.2. The summed E-state index contributed by atoms with van der Waals surface area (Å²) in [6.45, 7) is 5.48. The van der Waals surface area contributed by atoms with Crippen molar-refractivity contribution < 1.29 is 14.3 Å². The van der Waals surface area contributed by atoms with E-state index in [1.807, 2.05) is 63.2 Å². The van der Waals surface area contributed by atoms with E-state index in [2.05, 4.69) is 5.32 Å². The summed E-state index contributed by atoms with van der Waals surface area (Å²) in [5.74, 6) is -1.23. The first-order valence-electron chi connectivity index (χ1n) is 9.14. The van der Waals surface area contributed by atoms with Crippen LogP contribution in [0.1, 0.15) is 41.6 Å². The first kappa shape index (κ1) is 20.9. The summed E-state index contributed by atoms with van der Waals surface area (Å²) in [5, 5.41) is 12.1. The Morgan fingerprint density at radius 3 is 2.18 bits per heavy atom. The summed E-state index contributed by atoms with van der Waals surface area (Å²) >= 11 is 0. The molecule has 0 aliphatic heterocycles. The van der Waals surface area contributed by atoms with Crippen LogP contribution >= 0.6 is 0 Å². The van der Waals surface area contributed by atoms with Gasteiger partial charge in [0, 0.05) is 0 Å². The van der Waals surface area contributed by atoms with E-state index < -0.39 is 18.5 Å². The van der Waals surface area contributed by atoms with Crippen LogP contribution in [0.4, 0.5) is 0 Å². The summed E-state index contributed by atoms with van der Waals surface area (Å²) in [4.78, 5) is 24.3. The van der Waals surface area contributed by atoms with Crippen LogP contribution < -0.4 is 5.32 Å². The van der Waals surface area contributed by atoms with Crippen molar-refractivity contribution in [3.05, 3.63) is 76.4 Å². The minimum atomic E-state index is -0.818. The molecule has 0 radical (unpaired) electrons. The highest BCUT2D eigenvalue weighted by Crippen LogP contribution is 2.17. The van der Waals surface area contributed by atoms with Crippen LogP contribution in [0.2, 0.25) is 0 Å². The van der Waals surface area contributed by atoms with E-state index in [1.54, 1.807) is 12.1 Å². The molecular formula is C23H24N2O3. The molecule has 0 heterocycles. The van der Waals surface area contributed by atoms with Crippen LogP contribution in [0.15, 0.2) is 54.1 Å². The van der Waals surface area contributed by atoms with Crippen LogP contribution in [0.5, 0.6) is 0 Å². The van der Waals surface area contributed by atoms with Gasteiger partial charge in [-0.3, -0.25) is 4.79 Å². The van der Waals surface area contributed by atoms with E-state index in [0.29, 0.717) is 12.0 Å². The minimum absolute atomic E-state index is 0.151. The third kappa shape index (κ3) is 6.10. The first-order chi connectivity index (χ1) is 13.4. The zero-order valence-corrected chi connectivity index (χ0v) is 16.4. The molecule has 2 rings (SSSR count). The fourth-order valence-corrected chi connectivity index (χ4v) is 2.63. The summed E-state index contributed by atoms with van der Waals surface area (Å²) in [7, 11) is 0. The van der Waals surface area contributed by atoms with Crippen molar-refractivity contribution in [1.29, 1.82) is 5.26 Å². The Hall–Kier alpha value is -3.39. The third-order valence-electron chi connectivity index (χ3n) is 4.29. The molecule has 0 unspecified atom stereocenters. The number of amides is 1. The fourth-order valence-electron chi connectivity index (χ4n) is 2.63. The maximum Gasteiger partial charge on any atom is 0.349 e. The maximum atomic E-state index is 12.2. The number of benzene rings is 2. The number of nitrogens with one attached hydrogen (secondary N) is 1. The van der Waals surface area contributed by atoms with Crippen molar-refractivity contribution in [1.82, 2.24) is 5.32 Å². The van der Waals surface area contributed by atoms with Crippen molar-refractivity contribution >= 4 is 18.0 Å². The average Bonchev–Trinajstić information content (AvgIpc) is 2.70. The number of nitrogens with zero attached hydrogens (tertiary/aromatic N) is 1. The Bertz CT molecular complexity index is 891. The Kier molecular flexibility index (Phi) is 7.53. The number of rotatable bonds is 7. The lowest BCUT2D eigenvalue weighted by Gasteiger charge is -2.17. The van der Waals surface area contributed by atoms with E-state index in [9.17, 15) is 14.9 Å². The fraction of sp³-hybridized carbons (Fsp3) is 0.261. The molecule has 1 amide bonds. The van der Waals surface area contributed by atoms with Crippen LogP contribution in [0.3, 0.4) is 0 Å². The molecule has 5 nitrogen and oxygen atoms in total. The van der Waals surface area contributed by atoms with Gasteiger partial charge in [0.25, 0.3) is 5.91 Å². The zero-order chi connectivity index (χ0) is 20.5. The molecule has 5 heteroatoms. The molecule has 0 fully saturated rings. The molecule has 0 aliphatic carbocycles. The molecule has 0 spiro atoms. The van der Waals surface area contributed by atoms with Gasteiger partial charge in [0.2, 0.25) is 0 Å². The van der Waals surface area contributed by atoms with Crippen molar-refractivity contribution in [3.63, 3.8) is 0 Å². The highest BCUT2D eigenvalue weighted by molar-refractivity contribution is 5.98. The quantitative estimate of drug-likeness (QED) is 0.450. The molecule has 0 aliphatic rings. The molecule has 0 bridgehead atoms. The Balaban J connectivity index is 1.94. The van der Waals surface area contributed by atoms with E-state index in [0.717, 1.165) is 16.7 Å². The van der Waals surface area contributed by atoms with Crippen LogP contribution in [-0.4, -0.2) is 18.5 Å². The topological polar surface area (TPSA) is 79.2 Å². The number of carbonyl (C=O) groups excluding carboxylic acids is 2. The number of carbonyl (C=O) groups is 2. The first-order valence-corrected chi connectivity index (χ1v) is 9.14. The van der Waals surface area contributed by atoms with Gasteiger partial charge in [0.15, 0.2) is 6.61 Å². The average molecular weight is 376 g/mol. The van der Waals surface area contributed by atoms with Crippen molar-refractivity contribution in [2.45, 2.75) is 33.2 Å². The van der Waals surface area contributed by atoms with Crippen LogP contribution in [0.25, 0.3) is 6.08 Å². The summed E-state index contributed by atoms with van der Waals surface area (Å²) in [6.07, 6.45) is 2.15. The third-order valence-corrected chi connectivity index (χ3v) is 4.29. The van der Waals surface area contributed by atoms with Crippen molar-refractivity contribution in [3.8, 4) is 6.07 Å². The molecule has 1 atom stereocenters. The number of ether oxygens (including phenoxy) is 1. The largest absolute Gasteiger partial charge is 0.451 e. The molecule has 1 N–H and O–H groups in total. The second kappa shape index (κ2) is 10.1. The van der Waals surface area contributed by atoms with Crippen molar-refractivity contribution in [2.24, 2.45) is 0 Å². The summed E-state index contributed by atoms with van der Waals surface area (Å²) in [6, 6.07) is 16.9. The second-order valence-corrected chi connectivity index (χ2v) is 6.60. The normalized spacial score (nSPS) is 12.0. The Morgan fingerprint density at radius 1 is 1.07 bits per heavy atom. The smallest absolute Gasteiger partial charge is 0.349 e. The van der Waals surface area contributed by atoms with Gasteiger partial charge in [-0.1, -0.05) is 66.6 Å². The monoisotopic (exact) mass is 376 g/mol. The summed E-state index contributed by atoms with van der Waals surface area (Å²) in [5.41, 5.74) is 3.78. The zero-order valence-electron chi connectivity index (χ0n) is 16.4. The highest BCUT2D eigenvalue weighted by Gasteiger charge is 2.16. The predicted molar refractivity (Wildman–Crippen MR) is 108 cm³/mol. The predicted octanol–water partition coefficient (Wildman–Crippen LogP) is 4.02. The van der Waals surface area contributed by atoms with Gasteiger partial charge in [0.1, 0.15) is 11.6 Å². The molecule has 2 aromatic carbocycles. The highest BCUT2D eigenvalue weighted by atomic mass is 16.5. The number of hydrogen-bond acceptors (Lipinski definition) is 4. The van der Waals surface area contributed by atoms with Crippen LogP contribution in [0, 0.1) is 25.2 Å². The van der Waals surface area contributed by atoms with Gasteiger partial charge in [-0.05, 0) is 37.5 Å². The van der Waals surface area contributed by atoms with Gasteiger partial charge >= 0.3 is 5.97 Å². The van der Waals surface area contributed by atoms with Gasteiger partial charge in [0.05, 0.1) is 6.04 Å². The molecule has 0 aromatic heterocycles. The molecule has 0 saturated heterocycles. The van der Waals surface area contributed by atoms with Gasteiger partial charge in [-0.15, -0.1) is 0 Å². The molecule has 0 saturated carbocycles. The molecular weight excluding hydrogens is 352 g/mol. The number of hydrogen-bond donors (Lipinski definition) is 1.